The van der Waals surface area contributed by atoms with Crippen molar-refractivity contribution in [3.05, 3.63) is 33.9 Å². The number of hydrogen-bond donors (Lipinski definition) is 3. The largest absolute Gasteiger partial charge is 0.366 e. The number of hydrogen-bond acceptors (Lipinski definition) is 6. The number of thioether (sulfide) groups is 1. The number of amides is 2. The zero-order valence-corrected chi connectivity index (χ0v) is 15.3. The molecular formula is C15H21ClN4O4S. The number of halogens is 1. The molecule has 0 saturated carbocycles. The molecule has 0 radical (unpaired) electrons. The predicted octanol–water partition coefficient (Wildman–Crippen LogP) is 1.32. The van der Waals surface area contributed by atoms with E-state index in [4.69, 9.17) is 5.73 Å². The molecule has 2 amide bonds. The van der Waals surface area contributed by atoms with Crippen molar-refractivity contribution < 1.29 is 14.5 Å². The second-order valence-corrected chi connectivity index (χ2v) is 6.75. The molecule has 10 heteroatoms. The first-order chi connectivity index (χ1) is 11.4. The number of nitrogens with two attached hydrogens (primary N) is 1. The number of rotatable bonds is 6. The van der Waals surface area contributed by atoms with Gasteiger partial charge in [-0.1, -0.05) is 6.92 Å². The number of benzene rings is 1. The first-order valence-electron chi connectivity index (χ1n) is 7.59. The van der Waals surface area contributed by atoms with Crippen LogP contribution in [0.2, 0.25) is 0 Å². The van der Waals surface area contributed by atoms with E-state index < -0.39 is 10.8 Å². The van der Waals surface area contributed by atoms with Crippen LogP contribution in [-0.4, -0.2) is 41.6 Å². The average molecular weight is 389 g/mol. The molecule has 25 heavy (non-hydrogen) atoms. The molecule has 4 N–H and O–H groups in total. The third kappa shape index (κ3) is 5.87. The maximum atomic E-state index is 12.1. The number of nitrogens with zero attached hydrogens (tertiary/aromatic N) is 1. The highest BCUT2D eigenvalue weighted by Gasteiger charge is 2.23. The lowest BCUT2D eigenvalue weighted by atomic mass is 9.95. The summed E-state index contributed by atoms with van der Waals surface area (Å²) in [5, 5.41) is 17.3. The third-order valence-electron chi connectivity index (χ3n) is 3.97. The van der Waals surface area contributed by atoms with E-state index in [-0.39, 0.29) is 41.4 Å². The molecule has 0 aromatic heterocycles. The number of piperidine rings is 1. The van der Waals surface area contributed by atoms with Crippen molar-refractivity contribution in [2.45, 2.75) is 24.3 Å². The number of nitro groups is 1. The SMILES string of the molecule is CC1CCNCC1NC(=O)CSc1ccc(C(N)=O)cc1[N+](=O)[O-].Cl. The monoisotopic (exact) mass is 388 g/mol. The molecule has 8 nitrogen and oxygen atoms in total. The van der Waals surface area contributed by atoms with Crippen LogP contribution < -0.4 is 16.4 Å². The molecule has 2 rings (SSSR count). The van der Waals surface area contributed by atoms with Gasteiger partial charge in [-0.25, -0.2) is 0 Å². The van der Waals surface area contributed by atoms with Gasteiger partial charge in [0.05, 0.1) is 15.6 Å². The highest BCUT2D eigenvalue weighted by Crippen LogP contribution is 2.30. The highest BCUT2D eigenvalue weighted by molar-refractivity contribution is 8.00. The first kappa shape index (κ1) is 21.2. The van der Waals surface area contributed by atoms with Gasteiger partial charge in [-0.15, -0.1) is 24.2 Å². The second kappa shape index (κ2) is 9.59. The van der Waals surface area contributed by atoms with E-state index in [9.17, 15) is 19.7 Å². The summed E-state index contributed by atoms with van der Waals surface area (Å²) in [5.41, 5.74) is 4.98. The summed E-state index contributed by atoms with van der Waals surface area (Å²) in [6.45, 7) is 3.76. The number of carbonyl (C=O) groups is 2. The smallest absolute Gasteiger partial charge is 0.283 e. The van der Waals surface area contributed by atoms with E-state index in [0.29, 0.717) is 10.8 Å². The van der Waals surface area contributed by atoms with Crippen molar-refractivity contribution in [2.24, 2.45) is 11.7 Å². The zero-order valence-electron chi connectivity index (χ0n) is 13.7. The van der Waals surface area contributed by atoms with Crippen LogP contribution in [0.5, 0.6) is 0 Å². The van der Waals surface area contributed by atoms with Crippen LogP contribution in [-0.2, 0) is 4.79 Å². The maximum Gasteiger partial charge on any atom is 0.283 e. The summed E-state index contributed by atoms with van der Waals surface area (Å²) in [5.74, 6) is -0.440. The van der Waals surface area contributed by atoms with Crippen LogP contribution in [0.25, 0.3) is 0 Å². The lowest BCUT2D eigenvalue weighted by Gasteiger charge is -2.30. The number of nitro benzene ring substituents is 1. The van der Waals surface area contributed by atoms with Crippen molar-refractivity contribution in [3.63, 3.8) is 0 Å². The number of carbonyl (C=O) groups excluding carboxylic acids is 2. The van der Waals surface area contributed by atoms with Crippen molar-refractivity contribution in [1.29, 1.82) is 0 Å². The summed E-state index contributed by atoms with van der Waals surface area (Å²) in [6.07, 6.45) is 0.998. The van der Waals surface area contributed by atoms with Crippen LogP contribution in [0.4, 0.5) is 5.69 Å². The Kier molecular flexibility index (Phi) is 8.14. The molecule has 1 heterocycles. The van der Waals surface area contributed by atoms with E-state index in [2.05, 4.69) is 17.6 Å². The Hall–Kier alpha value is -1.84. The number of primary amides is 1. The molecule has 0 bridgehead atoms. The van der Waals surface area contributed by atoms with Gasteiger partial charge >= 0.3 is 0 Å². The Morgan fingerprint density at radius 1 is 1.48 bits per heavy atom. The van der Waals surface area contributed by atoms with Gasteiger partial charge < -0.3 is 16.4 Å². The minimum atomic E-state index is -0.730. The van der Waals surface area contributed by atoms with Gasteiger partial charge in [0.1, 0.15) is 0 Å². The topological polar surface area (TPSA) is 127 Å². The predicted molar refractivity (Wildman–Crippen MR) is 98.2 cm³/mol. The van der Waals surface area contributed by atoms with E-state index in [1.165, 1.54) is 12.1 Å². The molecule has 1 aromatic rings. The molecule has 1 fully saturated rings. The van der Waals surface area contributed by atoms with Gasteiger partial charge in [0.25, 0.3) is 5.69 Å². The van der Waals surface area contributed by atoms with Crippen LogP contribution >= 0.6 is 24.2 Å². The second-order valence-electron chi connectivity index (χ2n) is 5.74. The molecule has 0 spiro atoms. The van der Waals surface area contributed by atoms with Crippen LogP contribution in [0.15, 0.2) is 23.1 Å². The molecule has 0 aliphatic carbocycles. The summed E-state index contributed by atoms with van der Waals surface area (Å²) < 4.78 is 0. The van der Waals surface area contributed by atoms with Gasteiger partial charge in [-0.3, -0.25) is 19.7 Å². The standard InChI is InChI=1S/C15H20N4O4S.ClH/c1-9-4-5-17-7-11(9)18-14(20)8-24-13-3-2-10(15(16)21)6-12(13)19(22)23;/h2-3,6,9,11,17H,4-5,7-8H2,1H3,(H2,16,21)(H,18,20);1H. The molecule has 1 aliphatic rings. The van der Waals surface area contributed by atoms with Crippen molar-refractivity contribution in [1.82, 2.24) is 10.6 Å². The van der Waals surface area contributed by atoms with E-state index in [0.717, 1.165) is 37.3 Å². The van der Waals surface area contributed by atoms with Crippen molar-refractivity contribution in [2.75, 3.05) is 18.8 Å². The van der Waals surface area contributed by atoms with Gasteiger partial charge in [0.2, 0.25) is 11.8 Å². The molecule has 1 aliphatic heterocycles. The molecule has 138 valence electrons. The minimum absolute atomic E-state index is 0. The van der Waals surface area contributed by atoms with Crippen molar-refractivity contribution >= 4 is 41.7 Å². The van der Waals surface area contributed by atoms with Crippen LogP contribution in [0, 0.1) is 16.0 Å². The fourth-order valence-electron chi connectivity index (χ4n) is 2.51. The lowest BCUT2D eigenvalue weighted by Crippen LogP contribution is -2.50. The number of nitrogens with one attached hydrogen (secondary N) is 2. The van der Waals surface area contributed by atoms with Crippen LogP contribution in [0.3, 0.4) is 0 Å². The average Bonchev–Trinajstić information content (AvgIpc) is 2.54. The fourth-order valence-corrected chi connectivity index (χ4v) is 3.33. The molecule has 1 aromatic carbocycles. The Bertz CT molecular complexity index is 658. The van der Waals surface area contributed by atoms with Gasteiger partial charge in [0.15, 0.2) is 0 Å². The van der Waals surface area contributed by atoms with Gasteiger partial charge in [-0.2, -0.15) is 0 Å². The summed E-state index contributed by atoms with van der Waals surface area (Å²) in [4.78, 5) is 34.1. The maximum absolute atomic E-state index is 12.1. The third-order valence-corrected chi connectivity index (χ3v) is 5.04. The van der Waals surface area contributed by atoms with Crippen LogP contribution in [0.1, 0.15) is 23.7 Å². The fraction of sp³-hybridized carbons (Fsp3) is 0.467. The van der Waals surface area contributed by atoms with E-state index in [1.54, 1.807) is 0 Å². The zero-order chi connectivity index (χ0) is 17.7. The Morgan fingerprint density at radius 3 is 2.80 bits per heavy atom. The summed E-state index contributed by atoms with van der Waals surface area (Å²) in [6, 6.07) is 4.07. The molecule has 2 unspecified atom stereocenters. The van der Waals surface area contributed by atoms with Gasteiger partial charge in [-0.05, 0) is 31.0 Å². The highest BCUT2D eigenvalue weighted by atomic mass is 35.5. The van der Waals surface area contributed by atoms with Gasteiger partial charge in [0, 0.05) is 24.2 Å². The summed E-state index contributed by atoms with van der Waals surface area (Å²) in [7, 11) is 0. The first-order valence-corrected chi connectivity index (χ1v) is 8.58. The Balaban J connectivity index is 0.00000312. The minimum Gasteiger partial charge on any atom is -0.366 e. The molecular weight excluding hydrogens is 368 g/mol. The van der Waals surface area contributed by atoms with Crippen molar-refractivity contribution in [3.8, 4) is 0 Å². The summed E-state index contributed by atoms with van der Waals surface area (Å²) >= 11 is 1.07. The lowest BCUT2D eigenvalue weighted by molar-refractivity contribution is -0.387. The Labute approximate surface area is 155 Å². The molecule has 1 saturated heterocycles. The van der Waals surface area contributed by atoms with E-state index >= 15 is 0 Å². The molecule has 2 atom stereocenters. The Morgan fingerprint density at radius 2 is 2.20 bits per heavy atom. The van der Waals surface area contributed by atoms with E-state index in [1.807, 2.05) is 0 Å². The quantitative estimate of drug-likeness (QED) is 0.383. The normalized spacial score (nSPS) is 19.6.